The van der Waals surface area contributed by atoms with E-state index in [1.54, 1.807) is 4.90 Å². The van der Waals surface area contributed by atoms with Crippen molar-refractivity contribution in [3.05, 3.63) is 0 Å². The van der Waals surface area contributed by atoms with E-state index in [2.05, 4.69) is 0 Å². The second kappa shape index (κ2) is 3.22. The number of hydrogen-bond acceptors (Lipinski definition) is 3. The first-order valence-electron chi connectivity index (χ1n) is 5.37. The fourth-order valence-corrected chi connectivity index (χ4v) is 2.17. The Morgan fingerprint density at radius 1 is 1.40 bits per heavy atom. The normalized spacial score (nSPS) is 29.8. The summed E-state index contributed by atoms with van der Waals surface area (Å²) in [5.74, 6) is 0.786. The molecule has 15 heavy (non-hydrogen) atoms. The third kappa shape index (κ3) is 1.98. The lowest BCUT2D eigenvalue weighted by Crippen LogP contribution is -2.36. The van der Waals surface area contributed by atoms with Gasteiger partial charge < -0.3 is 9.64 Å². The van der Waals surface area contributed by atoms with Crippen molar-refractivity contribution in [2.45, 2.75) is 32.8 Å². The molecule has 2 fully saturated rings. The minimum absolute atomic E-state index is 0.0949. The van der Waals surface area contributed by atoms with Crippen LogP contribution in [-0.2, 0) is 9.53 Å². The second-order valence-electron chi connectivity index (χ2n) is 5.42. The number of carbonyl (C=O) groups is 2. The maximum atomic E-state index is 11.7. The Hall–Kier alpha value is -1.06. The molecule has 0 unspecified atom stereocenters. The van der Waals surface area contributed by atoms with E-state index in [1.165, 1.54) is 0 Å². The number of nitrogens with zero attached hydrogens (tertiary/aromatic N) is 1. The summed E-state index contributed by atoms with van der Waals surface area (Å²) in [6.07, 6.45) is 0.356. The molecule has 1 aliphatic heterocycles. The van der Waals surface area contributed by atoms with Crippen molar-refractivity contribution in [1.29, 1.82) is 0 Å². The molecule has 0 spiro atoms. The number of fused-ring (bicyclic) bond motifs is 1. The van der Waals surface area contributed by atoms with Crippen molar-refractivity contribution in [1.82, 2.24) is 4.90 Å². The standard InChI is InChI=1S/C11H17NO3/c1-11(2,3)15-10(14)12-5-7-4-9(13)8(7)6-12/h7-8H,4-6H2,1-3H3/t7-,8-/m1/s1. The van der Waals surface area contributed by atoms with Gasteiger partial charge in [0.2, 0.25) is 0 Å². The van der Waals surface area contributed by atoms with Gasteiger partial charge in [0.25, 0.3) is 0 Å². The number of likely N-dealkylation sites (tertiary alicyclic amines) is 1. The first-order valence-corrected chi connectivity index (χ1v) is 5.37. The molecule has 4 nitrogen and oxygen atoms in total. The number of hydrogen-bond donors (Lipinski definition) is 0. The van der Waals surface area contributed by atoms with Crippen LogP contribution in [0.4, 0.5) is 4.79 Å². The minimum Gasteiger partial charge on any atom is -0.444 e. The zero-order valence-electron chi connectivity index (χ0n) is 9.45. The van der Waals surface area contributed by atoms with Crippen LogP contribution in [0.3, 0.4) is 0 Å². The molecular formula is C11H17NO3. The third-order valence-corrected chi connectivity index (χ3v) is 2.97. The van der Waals surface area contributed by atoms with E-state index < -0.39 is 5.60 Å². The van der Waals surface area contributed by atoms with Crippen LogP contribution in [0.1, 0.15) is 27.2 Å². The fraction of sp³-hybridized carbons (Fsp3) is 0.818. The van der Waals surface area contributed by atoms with Crippen molar-refractivity contribution in [3.63, 3.8) is 0 Å². The van der Waals surface area contributed by atoms with Gasteiger partial charge in [0.15, 0.2) is 0 Å². The molecule has 4 heteroatoms. The topological polar surface area (TPSA) is 46.6 Å². The highest BCUT2D eigenvalue weighted by molar-refractivity contribution is 5.89. The Labute approximate surface area is 89.6 Å². The smallest absolute Gasteiger partial charge is 0.410 e. The molecule has 0 radical (unpaired) electrons. The summed E-state index contributed by atoms with van der Waals surface area (Å²) in [6, 6.07) is 0. The molecule has 2 aliphatic rings. The molecule has 1 amide bonds. The Bertz CT molecular complexity index is 305. The van der Waals surface area contributed by atoms with Crippen molar-refractivity contribution in [2.75, 3.05) is 13.1 Å². The lowest BCUT2D eigenvalue weighted by atomic mass is 9.75. The van der Waals surface area contributed by atoms with Crippen LogP contribution < -0.4 is 0 Å². The lowest BCUT2D eigenvalue weighted by molar-refractivity contribution is -0.131. The lowest BCUT2D eigenvalue weighted by Gasteiger charge is -2.25. The van der Waals surface area contributed by atoms with Crippen LogP contribution in [0.2, 0.25) is 0 Å². The molecule has 2 rings (SSSR count). The SMILES string of the molecule is CC(C)(C)OC(=O)N1C[C@H]2CC(=O)[C@@H]2C1. The predicted octanol–water partition coefficient (Wildman–Crippen LogP) is 1.44. The average molecular weight is 211 g/mol. The zero-order valence-corrected chi connectivity index (χ0v) is 9.45. The van der Waals surface area contributed by atoms with Gasteiger partial charge in [0.1, 0.15) is 11.4 Å². The monoisotopic (exact) mass is 211 g/mol. The average Bonchev–Trinajstić information content (AvgIpc) is 2.39. The van der Waals surface area contributed by atoms with Crippen molar-refractivity contribution in [3.8, 4) is 0 Å². The summed E-state index contributed by atoms with van der Waals surface area (Å²) < 4.78 is 5.26. The molecular weight excluding hydrogens is 194 g/mol. The summed E-state index contributed by atoms with van der Waals surface area (Å²) in [7, 11) is 0. The number of carbonyl (C=O) groups excluding carboxylic acids is 2. The van der Waals surface area contributed by atoms with E-state index in [1.807, 2.05) is 20.8 Å². The van der Waals surface area contributed by atoms with E-state index >= 15 is 0 Å². The molecule has 0 aromatic rings. The second-order valence-corrected chi connectivity index (χ2v) is 5.42. The van der Waals surface area contributed by atoms with Crippen LogP contribution in [-0.4, -0.2) is 35.5 Å². The number of ether oxygens (including phenoxy) is 1. The predicted molar refractivity (Wildman–Crippen MR) is 54.4 cm³/mol. The molecule has 0 bridgehead atoms. The molecule has 0 N–H and O–H groups in total. The Kier molecular flexibility index (Phi) is 2.24. The molecule has 2 atom stereocenters. The quantitative estimate of drug-likeness (QED) is 0.609. The third-order valence-electron chi connectivity index (χ3n) is 2.97. The van der Waals surface area contributed by atoms with Gasteiger partial charge in [-0.3, -0.25) is 4.79 Å². The van der Waals surface area contributed by atoms with Gasteiger partial charge in [0, 0.05) is 25.4 Å². The van der Waals surface area contributed by atoms with Gasteiger partial charge in [-0.25, -0.2) is 4.79 Å². The van der Waals surface area contributed by atoms with Gasteiger partial charge in [-0.1, -0.05) is 0 Å². The summed E-state index contributed by atoms with van der Waals surface area (Å²) >= 11 is 0. The van der Waals surface area contributed by atoms with E-state index in [4.69, 9.17) is 4.74 Å². The summed E-state index contributed by atoms with van der Waals surface area (Å²) in [5, 5.41) is 0. The highest BCUT2D eigenvalue weighted by Gasteiger charge is 2.48. The largest absolute Gasteiger partial charge is 0.444 e. The number of amides is 1. The summed E-state index contributed by atoms with van der Waals surface area (Å²) in [6.45, 7) is 6.78. The van der Waals surface area contributed by atoms with Crippen LogP contribution in [0, 0.1) is 11.8 Å². The highest BCUT2D eigenvalue weighted by atomic mass is 16.6. The van der Waals surface area contributed by atoms with E-state index in [-0.39, 0.29) is 12.0 Å². The number of ketones is 1. The van der Waals surface area contributed by atoms with Gasteiger partial charge in [-0.15, -0.1) is 0 Å². The van der Waals surface area contributed by atoms with Crippen LogP contribution in [0.5, 0.6) is 0 Å². The Balaban J connectivity index is 1.91. The summed E-state index contributed by atoms with van der Waals surface area (Å²) in [5.41, 5.74) is -0.456. The summed E-state index contributed by atoms with van der Waals surface area (Å²) in [4.78, 5) is 24.5. The maximum Gasteiger partial charge on any atom is 0.410 e. The van der Waals surface area contributed by atoms with E-state index in [0.717, 1.165) is 0 Å². The molecule has 1 heterocycles. The van der Waals surface area contributed by atoms with Crippen molar-refractivity contribution >= 4 is 11.9 Å². The molecule has 0 aromatic heterocycles. The number of rotatable bonds is 0. The van der Waals surface area contributed by atoms with Crippen LogP contribution in [0.25, 0.3) is 0 Å². The first-order chi connectivity index (χ1) is 6.87. The number of Topliss-reactive ketones (excluding diaryl/α,β-unsaturated/α-hetero) is 1. The van der Waals surface area contributed by atoms with E-state index in [0.29, 0.717) is 31.2 Å². The highest BCUT2D eigenvalue weighted by Crippen LogP contribution is 2.37. The minimum atomic E-state index is -0.456. The molecule has 0 aromatic carbocycles. The van der Waals surface area contributed by atoms with Gasteiger partial charge in [0.05, 0.1) is 0 Å². The Morgan fingerprint density at radius 2 is 2.07 bits per heavy atom. The first kappa shape index (κ1) is 10.5. The molecule has 1 aliphatic carbocycles. The van der Waals surface area contributed by atoms with Crippen LogP contribution in [0.15, 0.2) is 0 Å². The Morgan fingerprint density at radius 3 is 2.53 bits per heavy atom. The van der Waals surface area contributed by atoms with Gasteiger partial charge in [-0.2, -0.15) is 0 Å². The van der Waals surface area contributed by atoms with Gasteiger partial charge in [-0.05, 0) is 26.7 Å². The van der Waals surface area contributed by atoms with Crippen LogP contribution >= 0.6 is 0 Å². The molecule has 84 valence electrons. The zero-order chi connectivity index (χ0) is 11.2. The fourth-order valence-electron chi connectivity index (χ4n) is 2.17. The van der Waals surface area contributed by atoms with E-state index in [9.17, 15) is 9.59 Å². The van der Waals surface area contributed by atoms with Crippen molar-refractivity contribution in [2.24, 2.45) is 11.8 Å². The maximum absolute atomic E-state index is 11.7. The molecule has 1 saturated heterocycles. The molecule has 1 saturated carbocycles. The van der Waals surface area contributed by atoms with Crippen molar-refractivity contribution < 1.29 is 14.3 Å². The van der Waals surface area contributed by atoms with Gasteiger partial charge >= 0.3 is 6.09 Å².